The molecule has 3 rings (SSSR count). The molecule has 0 bridgehead atoms. The van der Waals surface area contributed by atoms with Crippen molar-refractivity contribution in [3.05, 3.63) is 60.2 Å². The number of pyridine rings is 1. The molecule has 0 aliphatic rings. The Morgan fingerprint density at radius 2 is 2.21 bits per heavy atom. The molecule has 0 unspecified atom stereocenters. The highest BCUT2D eigenvalue weighted by atomic mass is 16.5. The first-order valence-corrected chi connectivity index (χ1v) is 7.11. The summed E-state index contributed by atoms with van der Waals surface area (Å²) in [6.07, 6.45) is 4.51. The number of carbonyl (C=O) groups is 1. The van der Waals surface area contributed by atoms with Crippen LogP contribution in [-0.2, 0) is 4.79 Å². The number of anilines is 1. The molecule has 2 heterocycles. The van der Waals surface area contributed by atoms with Gasteiger partial charge in [0.2, 0.25) is 0 Å². The van der Waals surface area contributed by atoms with Crippen LogP contribution in [0.5, 0.6) is 5.75 Å². The second-order valence-electron chi connectivity index (χ2n) is 4.85. The van der Waals surface area contributed by atoms with Crippen LogP contribution in [0.25, 0.3) is 17.0 Å². The zero-order valence-corrected chi connectivity index (χ0v) is 12.8. The molecule has 1 N–H and O–H groups in total. The van der Waals surface area contributed by atoms with Crippen LogP contribution in [0.2, 0.25) is 0 Å². The highest BCUT2D eigenvalue weighted by Crippen LogP contribution is 2.30. The highest BCUT2D eigenvalue weighted by Gasteiger charge is 2.13. The van der Waals surface area contributed by atoms with Gasteiger partial charge < -0.3 is 14.5 Å². The van der Waals surface area contributed by atoms with Gasteiger partial charge in [-0.2, -0.15) is 5.26 Å². The fourth-order valence-electron chi connectivity index (χ4n) is 2.27. The van der Waals surface area contributed by atoms with Gasteiger partial charge in [0, 0.05) is 17.7 Å². The van der Waals surface area contributed by atoms with Crippen molar-refractivity contribution in [3.63, 3.8) is 0 Å². The lowest BCUT2D eigenvalue weighted by Crippen LogP contribution is -2.13. The summed E-state index contributed by atoms with van der Waals surface area (Å²) in [4.78, 5) is 16.6. The van der Waals surface area contributed by atoms with Crippen molar-refractivity contribution in [2.75, 3.05) is 12.4 Å². The Morgan fingerprint density at radius 1 is 1.33 bits per heavy atom. The van der Waals surface area contributed by atoms with E-state index in [1.165, 1.54) is 12.3 Å². The Balaban J connectivity index is 1.95. The fourth-order valence-corrected chi connectivity index (χ4v) is 2.27. The number of ether oxygens (including phenoxy) is 1. The average Bonchev–Trinajstić information content (AvgIpc) is 3.13. The number of fused-ring (bicyclic) bond motifs is 1. The molecular formula is C18H13N3O3. The third-order valence-corrected chi connectivity index (χ3v) is 3.40. The highest BCUT2D eigenvalue weighted by molar-refractivity contribution is 6.12. The van der Waals surface area contributed by atoms with E-state index in [1.54, 1.807) is 43.6 Å². The number of benzene rings is 1. The van der Waals surface area contributed by atoms with E-state index in [0.29, 0.717) is 22.7 Å². The van der Waals surface area contributed by atoms with Gasteiger partial charge in [0.05, 0.1) is 19.1 Å². The second-order valence-corrected chi connectivity index (χ2v) is 4.85. The lowest BCUT2D eigenvalue weighted by molar-refractivity contribution is -0.112. The summed E-state index contributed by atoms with van der Waals surface area (Å²) in [5.41, 5.74) is 1.12. The second kappa shape index (κ2) is 6.67. The largest absolute Gasteiger partial charge is 0.494 e. The summed E-state index contributed by atoms with van der Waals surface area (Å²) in [7, 11) is 1.56. The monoisotopic (exact) mass is 319 g/mol. The topological polar surface area (TPSA) is 88.1 Å². The minimum Gasteiger partial charge on any atom is -0.494 e. The molecular weight excluding hydrogens is 306 g/mol. The summed E-state index contributed by atoms with van der Waals surface area (Å²) in [5, 5.41) is 12.7. The standard InChI is InChI=1S/C18H13N3O3/c1-23-16-7-6-15(14-5-2-8-20-17(14)16)21-18(22)12(11-19)10-13-4-3-9-24-13/h2-10H,1H3,(H,21,22)/b12-10-. The maximum Gasteiger partial charge on any atom is 0.266 e. The number of methoxy groups -OCH3 is 1. The van der Waals surface area contributed by atoms with Crippen molar-refractivity contribution < 1.29 is 13.9 Å². The molecule has 1 aromatic carbocycles. The molecule has 0 fully saturated rings. The summed E-state index contributed by atoms with van der Waals surface area (Å²) >= 11 is 0. The fraction of sp³-hybridized carbons (Fsp3) is 0.0556. The lowest BCUT2D eigenvalue weighted by Gasteiger charge is -2.10. The number of nitrogens with zero attached hydrogens (tertiary/aromatic N) is 2. The molecule has 6 nitrogen and oxygen atoms in total. The first-order valence-electron chi connectivity index (χ1n) is 7.11. The van der Waals surface area contributed by atoms with Crippen molar-refractivity contribution in [1.29, 1.82) is 5.26 Å². The van der Waals surface area contributed by atoms with Gasteiger partial charge in [0.1, 0.15) is 28.7 Å². The van der Waals surface area contributed by atoms with Gasteiger partial charge in [-0.25, -0.2) is 0 Å². The molecule has 1 amide bonds. The Hall–Kier alpha value is -3.59. The van der Waals surface area contributed by atoms with Gasteiger partial charge in [-0.1, -0.05) is 0 Å². The predicted molar refractivity (Wildman–Crippen MR) is 89.2 cm³/mol. The molecule has 0 saturated heterocycles. The number of carbonyl (C=O) groups excluding carboxylic acids is 1. The summed E-state index contributed by atoms with van der Waals surface area (Å²) in [5.74, 6) is 0.516. The zero-order chi connectivity index (χ0) is 16.9. The van der Waals surface area contributed by atoms with E-state index in [-0.39, 0.29) is 5.57 Å². The first-order chi connectivity index (χ1) is 11.7. The number of nitriles is 1. The maximum atomic E-state index is 12.4. The molecule has 0 radical (unpaired) electrons. The molecule has 0 spiro atoms. The first kappa shape index (κ1) is 15.3. The van der Waals surface area contributed by atoms with E-state index in [0.717, 1.165) is 5.39 Å². The molecule has 24 heavy (non-hydrogen) atoms. The van der Waals surface area contributed by atoms with E-state index in [4.69, 9.17) is 9.15 Å². The number of nitrogens with one attached hydrogen (secondary N) is 1. The third-order valence-electron chi connectivity index (χ3n) is 3.40. The lowest BCUT2D eigenvalue weighted by atomic mass is 10.1. The normalized spacial score (nSPS) is 11.1. The van der Waals surface area contributed by atoms with Gasteiger partial charge >= 0.3 is 0 Å². The van der Waals surface area contributed by atoms with Gasteiger partial charge in [-0.15, -0.1) is 0 Å². The van der Waals surface area contributed by atoms with Crippen molar-refractivity contribution >= 4 is 28.6 Å². The molecule has 0 saturated carbocycles. The number of amides is 1. The number of rotatable bonds is 4. The van der Waals surface area contributed by atoms with E-state index < -0.39 is 5.91 Å². The van der Waals surface area contributed by atoms with Crippen LogP contribution in [0.3, 0.4) is 0 Å². The molecule has 0 aliphatic heterocycles. The quantitative estimate of drug-likeness (QED) is 0.588. The summed E-state index contributed by atoms with van der Waals surface area (Å²) < 4.78 is 10.4. The van der Waals surface area contributed by atoms with Crippen LogP contribution in [0.1, 0.15) is 5.76 Å². The Morgan fingerprint density at radius 3 is 2.92 bits per heavy atom. The Labute approximate surface area is 138 Å². The Bertz CT molecular complexity index is 953. The van der Waals surface area contributed by atoms with Crippen LogP contribution in [0, 0.1) is 11.3 Å². The van der Waals surface area contributed by atoms with Crippen LogP contribution >= 0.6 is 0 Å². The number of aromatic nitrogens is 1. The van der Waals surface area contributed by atoms with E-state index in [2.05, 4.69) is 10.3 Å². The number of hydrogen-bond acceptors (Lipinski definition) is 5. The minimum atomic E-state index is -0.524. The molecule has 118 valence electrons. The van der Waals surface area contributed by atoms with Crippen molar-refractivity contribution in [2.45, 2.75) is 0 Å². The number of furan rings is 1. The van der Waals surface area contributed by atoms with Crippen LogP contribution in [0.15, 0.2) is 58.8 Å². The SMILES string of the molecule is COc1ccc(NC(=O)/C(C#N)=C\c2ccco2)c2cccnc12. The van der Waals surface area contributed by atoms with Crippen molar-refractivity contribution in [1.82, 2.24) is 4.98 Å². The number of hydrogen-bond donors (Lipinski definition) is 1. The van der Waals surface area contributed by atoms with E-state index in [9.17, 15) is 10.1 Å². The van der Waals surface area contributed by atoms with Crippen LogP contribution in [0.4, 0.5) is 5.69 Å². The third kappa shape index (κ3) is 2.96. The van der Waals surface area contributed by atoms with Crippen molar-refractivity contribution in [3.8, 4) is 11.8 Å². The average molecular weight is 319 g/mol. The smallest absolute Gasteiger partial charge is 0.266 e. The van der Waals surface area contributed by atoms with E-state index in [1.807, 2.05) is 12.1 Å². The summed E-state index contributed by atoms with van der Waals surface area (Å²) in [6.45, 7) is 0. The molecule has 0 aliphatic carbocycles. The van der Waals surface area contributed by atoms with Gasteiger partial charge in [-0.05, 0) is 36.4 Å². The van der Waals surface area contributed by atoms with Crippen LogP contribution < -0.4 is 10.1 Å². The Kier molecular flexibility index (Phi) is 4.25. The predicted octanol–water partition coefficient (Wildman–Crippen LogP) is 3.38. The zero-order valence-electron chi connectivity index (χ0n) is 12.8. The van der Waals surface area contributed by atoms with Gasteiger partial charge in [0.25, 0.3) is 5.91 Å². The minimum absolute atomic E-state index is 0.0576. The molecule has 3 aromatic rings. The molecule has 6 heteroatoms. The molecule has 2 aromatic heterocycles. The van der Waals surface area contributed by atoms with E-state index >= 15 is 0 Å². The summed E-state index contributed by atoms with van der Waals surface area (Å²) in [6, 6.07) is 12.2. The molecule has 0 atom stereocenters. The maximum absolute atomic E-state index is 12.4. The van der Waals surface area contributed by atoms with Gasteiger partial charge in [0.15, 0.2) is 0 Å². The van der Waals surface area contributed by atoms with Crippen molar-refractivity contribution in [2.24, 2.45) is 0 Å². The van der Waals surface area contributed by atoms with Gasteiger partial charge in [-0.3, -0.25) is 9.78 Å². The van der Waals surface area contributed by atoms with Crippen LogP contribution in [-0.4, -0.2) is 18.0 Å².